The molecule has 2 aliphatic carbocycles. The molecule has 11 heteroatoms. The Kier molecular flexibility index (Phi) is 5.53. The summed E-state index contributed by atoms with van der Waals surface area (Å²) in [5.74, 6) is -1.80. The Morgan fingerprint density at radius 2 is 1.91 bits per heavy atom. The largest absolute Gasteiger partial charge is 0.315 e. The van der Waals surface area contributed by atoms with E-state index in [0.29, 0.717) is 25.8 Å². The minimum atomic E-state index is -3.67. The molecule has 0 amide bonds. The fourth-order valence-electron chi connectivity index (χ4n) is 5.89. The van der Waals surface area contributed by atoms with Crippen molar-refractivity contribution in [1.29, 1.82) is 0 Å². The number of anilines is 1. The normalized spacial score (nSPS) is 33.7. The number of halogens is 2. The fourth-order valence-corrected chi connectivity index (χ4v) is 8.24. The maximum atomic E-state index is 15.2. The van der Waals surface area contributed by atoms with Crippen LogP contribution >= 0.6 is 0 Å². The van der Waals surface area contributed by atoms with Crippen molar-refractivity contribution in [2.24, 2.45) is 11.8 Å². The van der Waals surface area contributed by atoms with Gasteiger partial charge in [0, 0.05) is 30.6 Å². The second-order valence-corrected chi connectivity index (χ2v) is 12.1. The van der Waals surface area contributed by atoms with Crippen molar-refractivity contribution in [1.82, 2.24) is 24.5 Å². The lowest BCUT2D eigenvalue weighted by Gasteiger charge is -2.40. The van der Waals surface area contributed by atoms with Gasteiger partial charge in [-0.15, -0.1) is 10.2 Å². The maximum Gasteiger partial charge on any atom is 0.218 e. The molecule has 1 aromatic heterocycles. The van der Waals surface area contributed by atoms with Gasteiger partial charge in [-0.1, -0.05) is 30.4 Å². The number of benzene rings is 1. The van der Waals surface area contributed by atoms with E-state index in [-0.39, 0.29) is 47.8 Å². The highest BCUT2D eigenvalue weighted by atomic mass is 32.2. The molecule has 35 heavy (non-hydrogen) atoms. The Balaban J connectivity index is 1.19. The first kappa shape index (κ1) is 22.8. The summed E-state index contributed by atoms with van der Waals surface area (Å²) in [6.45, 7) is 2.19. The van der Waals surface area contributed by atoms with Gasteiger partial charge < -0.3 is 9.58 Å². The van der Waals surface area contributed by atoms with Gasteiger partial charge in [0.2, 0.25) is 10.0 Å². The molecule has 4 aliphatic rings. The van der Waals surface area contributed by atoms with Gasteiger partial charge in [-0.05, 0) is 38.2 Å². The van der Waals surface area contributed by atoms with Crippen LogP contribution in [0.3, 0.4) is 0 Å². The highest BCUT2D eigenvalue weighted by Gasteiger charge is 2.57. The molecule has 8 nitrogen and oxygen atoms in total. The molecule has 3 heterocycles. The molecule has 2 aromatic rings. The number of sulfonamides is 1. The van der Waals surface area contributed by atoms with Crippen molar-refractivity contribution in [3.05, 3.63) is 66.3 Å². The molecule has 1 aromatic carbocycles. The first-order valence-corrected chi connectivity index (χ1v) is 13.5. The van der Waals surface area contributed by atoms with E-state index in [1.165, 1.54) is 16.4 Å². The summed E-state index contributed by atoms with van der Waals surface area (Å²) in [6, 6.07) is 3.09. The summed E-state index contributed by atoms with van der Waals surface area (Å²) >= 11 is 0. The average molecular weight is 503 g/mol. The van der Waals surface area contributed by atoms with E-state index in [0.717, 1.165) is 0 Å². The zero-order valence-electron chi connectivity index (χ0n) is 19.3. The Hall–Kier alpha value is -2.63. The van der Waals surface area contributed by atoms with Crippen LogP contribution in [0.1, 0.15) is 37.8 Å². The van der Waals surface area contributed by atoms with Crippen molar-refractivity contribution in [3.8, 4) is 0 Å². The van der Waals surface area contributed by atoms with E-state index in [1.807, 2.05) is 35.8 Å². The number of rotatable bonds is 5. The van der Waals surface area contributed by atoms with Crippen molar-refractivity contribution in [2.45, 2.75) is 56.1 Å². The standard InChI is InChI=1S/C24H28F2N6O2S/c1-15-7-10-20(16-5-3-2-4-6-16)35(33,34)32(15)11-17-8-9-19(22(26)21(17)25)31-12-18-23(29-31)24(18)30-13-27-28-14-30/h2-5,8-9,13-16,18,20,23-24,29H,6-7,10-12H2,1H3/t15-,16?,18-,20+,23+,24+/m0/s1. The van der Waals surface area contributed by atoms with Gasteiger partial charge in [-0.2, -0.15) is 4.31 Å². The molecule has 2 saturated heterocycles. The minimum absolute atomic E-state index is 0.0492. The van der Waals surface area contributed by atoms with Crippen LogP contribution in [0, 0.1) is 23.5 Å². The number of aromatic nitrogens is 3. The first-order chi connectivity index (χ1) is 16.9. The number of fused-ring (bicyclic) bond motifs is 1. The van der Waals surface area contributed by atoms with E-state index >= 15 is 8.78 Å². The van der Waals surface area contributed by atoms with Crippen molar-refractivity contribution in [2.75, 3.05) is 11.6 Å². The smallest absolute Gasteiger partial charge is 0.218 e. The second-order valence-electron chi connectivity index (χ2n) is 9.97. The summed E-state index contributed by atoms with van der Waals surface area (Å²) in [4.78, 5) is 0. The Labute approximate surface area is 203 Å². The van der Waals surface area contributed by atoms with Crippen LogP contribution in [-0.4, -0.2) is 51.4 Å². The molecular formula is C24H28F2N6O2S. The zero-order chi connectivity index (χ0) is 24.3. The lowest BCUT2D eigenvalue weighted by Crippen LogP contribution is -2.50. The molecule has 1 saturated carbocycles. The van der Waals surface area contributed by atoms with Gasteiger partial charge in [-0.3, -0.25) is 0 Å². The number of hydrazine groups is 1. The maximum absolute atomic E-state index is 15.2. The Morgan fingerprint density at radius 1 is 1.11 bits per heavy atom. The number of nitrogens with one attached hydrogen (secondary N) is 1. The number of nitrogens with zero attached hydrogens (tertiary/aromatic N) is 5. The number of hydrogen-bond donors (Lipinski definition) is 1. The summed E-state index contributed by atoms with van der Waals surface area (Å²) in [6.07, 6.45) is 12.9. The predicted octanol–water partition coefficient (Wildman–Crippen LogP) is 2.94. The average Bonchev–Trinajstić information content (AvgIpc) is 3.22. The molecule has 0 spiro atoms. The Morgan fingerprint density at radius 3 is 2.60 bits per heavy atom. The third-order valence-electron chi connectivity index (χ3n) is 7.93. The summed E-state index contributed by atoms with van der Waals surface area (Å²) < 4.78 is 60.7. The van der Waals surface area contributed by atoms with E-state index in [4.69, 9.17) is 0 Å². The van der Waals surface area contributed by atoms with Crippen LogP contribution in [0.2, 0.25) is 0 Å². The lowest BCUT2D eigenvalue weighted by atomic mass is 9.93. The molecule has 6 atom stereocenters. The zero-order valence-corrected chi connectivity index (χ0v) is 20.2. The van der Waals surface area contributed by atoms with E-state index in [9.17, 15) is 8.42 Å². The van der Waals surface area contributed by atoms with Crippen LogP contribution in [0.5, 0.6) is 0 Å². The van der Waals surface area contributed by atoms with Gasteiger partial charge >= 0.3 is 0 Å². The van der Waals surface area contributed by atoms with Crippen LogP contribution < -0.4 is 10.4 Å². The Bertz CT molecular complexity index is 1270. The van der Waals surface area contributed by atoms with Crippen molar-refractivity contribution >= 4 is 15.7 Å². The van der Waals surface area contributed by atoms with E-state index in [1.54, 1.807) is 17.7 Å². The van der Waals surface area contributed by atoms with Gasteiger partial charge in [0.1, 0.15) is 12.7 Å². The van der Waals surface area contributed by atoms with E-state index in [2.05, 4.69) is 15.6 Å². The van der Waals surface area contributed by atoms with Gasteiger partial charge in [0.05, 0.1) is 23.0 Å². The molecule has 2 aliphatic heterocycles. The molecular weight excluding hydrogens is 474 g/mol. The van der Waals surface area contributed by atoms with Crippen LogP contribution in [0.25, 0.3) is 0 Å². The molecule has 6 rings (SSSR count). The lowest BCUT2D eigenvalue weighted by molar-refractivity contribution is 0.267. The fraction of sp³-hybridized carbons (Fsp3) is 0.500. The highest BCUT2D eigenvalue weighted by Crippen LogP contribution is 2.49. The first-order valence-electron chi connectivity index (χ1n) is 12.0. The van der Waals surface area contributed by atoms with Crippen molar-refractivity contribution < 1.29 is 17.2 Å². The third kappa shape index (κ3) is 3.80. The summed E-state index contributed by atoms with van der Waals surface area (Å²) in [7, 11) is -3.67. The van der Waals surface area contributed by atoms with Crippen LogP contribution in [0.15, 0.2) is 49.1 Å². The number of allylic oxidation sites excluding steroid dienone is 4. The number of hydrogen-bond acceptors (Lipinski definition) is 6. The molecule has 0 radical (unpaired) electrons. The van der Waals surface area contributed by atoms with E-state index < -0.39 is 26.9 Å². The molecule has 1 N–H and O–H groups in total. The van der Waals surface area contributed by atoms with Crippen LogP contribution in [-0.2, 0) is 16.6 Å². The molecule has 1 unspecified atom stereocenters. The third-order valence-corrected chi connectivity index (χ3v) is 10.4. The SMILES string of the molecule is C[C@H]1CC[C@H](C2C=CC=CC2)S(=O)(=O)N1Cc1ccc(N2C[C@H]3[C@@H](N2)[C@@H]3n2cnnc2)c(F)c1F. The second kappa shape index (κ2) is 8.49. The molecule has 3 fully saturated rings. The quantitative estimate of drug-likeness (QED) is 0.677. The van der Waals surface area contributed by atoms with Gasteiger partial charge in [-0.25, -0.2) is 22.6 Å². The van der Waals surface area contributed by atoms with Gasteiger partial charge in [0.15, 0.2) is 11.6 Å². The predicted molar refractivity (Wildman–Crippen MR) is 127 cm³/mol. The minimum Gasteiger partial charge on any atom is -0.315 e. The monoisotopic (exact) mass is 502 g/mol. The van der Waals surface area contributed by atoms with Gasteiger partial charge in [0.25, 0.3) is 0 Å². The topological polar surface area (TPSA) is 83.4 Å². The summed E-state index contributed by atoms with van der Waals surface area (Å²) in [5, 5.41) is 8.74. The summed E-state index contributed by atoms with van der Waals surface area (Å²) in [5.41, 5.74) is 3.43. The van der Waals surface area contributed by atoms with Crippen LogP contribution in [0.4, 0.5) is 14.5 Å². The molecule has 0 bridgehead atoms. The van der Waals surface area contributed by atoms with Crippen molar-refractivity contribution in [3.63, 3.8) is 0 Å². The molecule has 186 valence electrons. The highest BCUT2D eigenvalue weighted by molar-refractivity contribution is 7.89.